The molecule has 0 aromatic heterocycles. The Morgan fingerprint density at radius 3 is 2.11 bits per heavy atom. The van der Waals surface area contributed by atoms with Gasteiger partial charge in [0.2, 0.25) is 0 Å². The topological polar surface area (TPSA) is 47.0 Å². The number of carbonyl (C=O) groups is 1. The third-order valence-corrected chi connectivity index (χ3v) is 3.54. The summed E-state index contributed by atoms with van der Waals surface area (Å²) in [6, 6.07) is 0. The zero-order valence-corrected chi connectivity index (χ0v) is 12.1. The lowest BCUT2D eigenvalue weighted by atomic mass is 10.1. The number of carboxylic acids is 1. The van der Waals surface area contributed by atoms with Crippen molar-refractivity contribution in [3.63, 3.8) is 0 Å². The average molecular weight is 257 g/mol. The van der Waals surface area contributed by atoms with Crippen LogP contribution in [0.5, 0.6) is 0 Å². The van der Waals surface area contributed by atoms with Gasteiger partial charge < -0.3 is 10.0 Å². The predicted octanol–water partition coefficient (Wildman–Crippen LogP) is 0.419. The van der Waals surface area contributed by atoms with Crippen molar-refractivity contribution in [1.82, 2.24) is 14.7 Å². The van der Waals surface area contributed by atoms with E-state index in [1.807, 2.05) is 4.90 Å². The minimum absolute atomic E-state index is 0.139. The van der Waals surface area contributed by atoms with E-state index in [-0.39, 0.29) is 12.1 Å². The van der Waals surface area contributed by atoms with Gasteiger partial charge in [0.15, 0.2) is 0 Å². The van der Waals surface area contributed by atoms with Crippen LogP contribution < -0.4 is 0 Å². The fourth-order valence-corrected chi connectivity index (χ4v) is 2.22. The first-order valence-corrected chi connectivity index (χ1v) is 6.67. The van der Waals surface area contributed by atoms with Crippen LogP contribution in [0.25, 0.3) is 0 Å². The van der Waals surface area contributed by atoms with Crippen LogP contribution in [0.2, 0.25) is 0 Å². The van der Waals surface area contributed by atoms with Gasteiger partial charge in [0, 0.05) is 44.8 Å². The normalized spacial score (nSPS) is 22.2. The molecular formula is C13H27N3O2. The van der Waals surface area contributed by atoms with E-state index in [1.54, 1.807) is 0 Å². The Hall–Kier alpha value is -0.650. The van der Waals surface area contributed by atoms with Crippen molar-refractivity contribution in [1.29, 1.82) is 0 Å². The van der Waals surface area contributed by atoms with Crippen LogP contribution in [0.1, 0.15) is 20.8 Å². The maximum absolute atomic E-state index is 10.8. The second-order valence-corrected chi connectivity index (χ2v) is 6.13. The monoisotopic (exact) mass is 257 g/mol. The van der Waals surface area contributed by atoms with Crippen molar-refractivity contribution in [2.24, 2.45) is 0 Å². The first-order chi connectivity index (χ1) is 8.29. The zero-order chi connectivity index (χ0) is 13.8. The van der Waals surface area contributed by atoms with Crippen LogP contribution >= 0.6 is 0 Å². The van der Waals surface area contributed by atoms with E-state index in [1.165, 1.54) is 0 Å². The molecule has 5 nitrogen and oxygen atoms in total. The SMILES string of the molecule is CN1CCN(CC(=O)O)CCN(C(C)(C)C)CC1. The van der Waals surface area contributed by atoms with Crippen LogP contribution in [0.3, 0.4) is 0 Å². The highest BCUT2D eigenvalue weighted by atomic mass is 16.4. The second kappa shape index (κ2) is 6.50. The van der Waals surface area contributed by atoms with Crippen molar-refractivity contribution < 1.29 is 9.90 Å². The van der Waals surface area contributed by atoms with Crippen molar-refractivity contribution in [3.8, 4) is 0 Å². The van der Waals surface area contributed by atoms with Gasteiger partial charge in [-0.3, -0.25) is 14.6 Å². The molecule has 0 saturated carbocycles. The summed E-state index contributed by atoms with van der Waals surface area (Å²) in [7, 11) is 2.10. The number of rotatable bonds is 2. The first kappa shape index (κ1) is 15.4. The molecule has 1 aliphatic heterocycles. The number of likely N-dealkylation sites (N-methyl/N-ethyl adjacent to an activating group) is 1. The Kier molecular flexibility index (Phi) is 5.56. The van der Waals surface area contributed by atoms with Crippen LogP contribution in [0.15, 0.2) is 0 Å². The van der Waals surface area contributed by atoms with Gasteiger partial charge in [-0.2, -0.15) is 0 Å². The quantitative estimate of drug-likeness (QED) is 0.777. The molecule has 0 aliphatic carbocycles. The summed E-state index contributed by atoms with van der Waals surface area (Å²) in [5, 5.41) is 8.92. The van der Waals surface area contributed by atoms with Gasteiger partial charge in [-0.25, -0.2) is 0 Å². The predicted molar refractivity (Wildman–Crippen MR) is 72.9 cm³/mol. The summed E-state index contributed by atoms with van der Waals surface area (Å²) in [6.07, 6.45) is 0. The summed E-state index contributed by atoms with van der Waals surface area (Å²) in [5.41, 5.74) is 0.139. The molecule has 5 heteroatoms. The minimum Gasteiger partial charge on any atom is -0.480 e. The van der Waals surface area contributed by atoms with Crippen LogP contribution in [0.4, 0.5) is 0 Å². The van der Waals surface area contributed by atoms with Crippen molar-refractivity contribution in [3.05, 3.63) is 0 Å². The van der Waals surface area contributed by atoms with Crippen LogP contribution in [0, 0.1) is 0 Å². The highest BCUT2D eigenvalue weighted by molar-refractivity contribution is 5.69. The molecular weight excluding hydrogens is 230 g/mol. The maximum atomic E-state index is 10.8. The molecule has 0 spiro atoms. The average Bonchev–Trinajstić information content (AvgIpc) is 2.29. The van der Waals surface area contributed by atoms with Crippen LogP contribution in [-0.4, -0.2) is 84.2 Å². The van der Waals surface area contributed by atoms with E-state index in [0.717, 1.165) is 39.3 Å². The van der Waals surface area contributed by atoms with Crippen molar-refractivity contribution in [2.75, 3.05) is 52.9 Å². The van der Waals surface area contributed by atoms with Crippen molar-refractivity contribution in [2.45, 2.75) is 26.3 Å². The Morgan fingerprint density at radius 1 is 1.06 bits per heavy atom. The van der Waals surface area contributed by atoms with Crippen molar-refractivity contribution >= 4 is 5.97 Å². The first-order valence-electron chi connectivity index (χ1n) is 6.67. The lowest BCUT2D eigenvalue weighted by Crippen LogP contribution is -2.47. The molecule has 0 unspecified atom stereocenters. The summed E-state index contributed by atoms with van der Waals surface area (Å²) >= 11 is 0. The summed E-state index contributed by atoms with van der Waals surface area (Å²) < 4.78 is 0. The minimum atomic E-state index is -0.737. The molecule has 0 atom stereocenters. The summed E-state index contributed by atoms with van der Waals surface area (Å²) in [6.45, 7) is 12.4. The van der Waals surface area contributed by atoms with Gasteiger partial charge in [0.1, 0.15) is 0 Å². The number of carboxylic acid groups (broad SMARTS) is 1. The summed E-state index contributed by atoms with van der Waals surface area (Å²) in [5.74, 6) is -0.737. The fourth-order valence-electron chi connectivity index (χ4n) is 2.22. The van der Waals surface area contributed by atoms with E-state index in [2.05, 4.69) is 37.6 Å². The molecule has 18 heavy (non-hydrogen) atoms. The van der Waals surface area contributed by atoms with Gasteiger partial charge in [0.05, 0.1) is 6.54 Å². The molecule has 0 aromatic carbocycles. The molecule has 1 saturated heterocycles. The number of hydrogen-bond donors (Lipinski definition) is 1. The molecule has 1 heterocycles. The van der Waals surface area contributed by atoms with Gasteiger partial charge >= 0.3 is 5.97 Å². The molecule has 0 bridgehead atoms. The highest BCUT2D eigenvalue weighted by Gasteiger charge is 2.23. The van der Waals surface area contributed by atoms with E-state index >= 15 is 0 Å². The van der Waals surface area contributed by atoms with E-state index in [0.29, 0.717) is 0 Å². The highest BCUT2D eigenvalue weighted by Crippen LogP contribution is 2.13. The van der Waals surface area contributed by atoms with E-state index in [9.17, 15) is 4.79 Å². The van der Waals surface area contributed by atoms with Gasteiger partial charge in [-0.05, 0) is 27.8 Å². The molecule has 1 N–H and O–H groups in total. The number of aliphatic carboxylic acids is 1. The Bertz CT molecular complexity index is 276. The fraction of sp³-hybridized carbons (Fsp3) is 0.923. The molecule has 0 aromatic rings. The largest absolute Gasteiger partial charge is 0.480 e. The number of nitrogens with zero attached hydrogens (tertiary/aromatic N) is 3. The standard InChI is InChI=1S/C13H27N3O2/c1-13(2,3)16-9-6-14(4)5-7-15(8-10-16)11-12(17)18/h5-11H2,1-4H3,(H,17,18). The Balaban J connectivity index is 2.65. The lowest BCUT2D eigenvalue weighted by molar-refractivity contribution is -0.138. The Labute approximate surface area is 110 Å². The van der Waals surface area contributed by atoms with E-state index in [4.69, 9.17) is 5.11 Å². The third-order valence-electron chi connectivity index (χ3n) is 3.54. The van der Waals surface area contributed by atoms with Gasteiger partial charge in [-0.1, -0.05) is 0 Å². The maximum Gasteiger partial charge on any atom is 0.317 e. The molecule has 1 fully saturated rings. The summed E-state index contributed by atoms with van der Waals surface area (Å²) in [4.78, 5) is 17.6. The molecule has 106 valence electrons. The molecule has 1 aliphatic rings. The lowest BCUT2D eigenvalue weighted by Gasteiger charge is -2.36. The van der Waals surface area contributed by atoms with Gasteiger partial charge in [0.25, 0.3) is 0 Å². The van der Waals surface area contributed by atoms with E-state index < -0.39 is 5.97 Å². The smallest absolute Gasteiger partial charge is 0.317 e. The zero-order valence-electron chi connectivity index (χ0n) is 12.1. The third kappa shape index (κ3) is 5.33. The molecule has 0 radical (unpaired) electrons. The second-order valence-electron chi connectivity index (χ2n) is 6.13. The van der Waals surface area contributed by atoms with Gasteiger partial charge in [-0.15, -0.1) is 0 Å². The van der Waals surface area contributed by atoms with Crippen LogP contribution in [-0.2, 0) is 4.79 Å². The molecule has 0 amide bonds. The Morgan fingerprint density at radius 2 is 1.56 bits per heavy atom. The molecule has 1 rings (SSSR count). The number of hydrogen-bond acceptors (Lipinski definition) is 4.